The predicted octanol–water partition coefficient (Wildman–Crippen LogP) is 2.32. The van der Waals surface area contributed by atoms with Gasteiger partial charge in [0.2, 0.25) is 5.43 Å². The minimum absolute atomic E-state index is 0.129. The summed E-state index contributed by atoms with van der Waals surface area (Å²) < 4.78 is 1.04. The Morgan fingerprint density at radius 2 is 2.29 bits per heavy atom. The lowest BCUT2D eigenvalue weighted by molar-refractivity contribution is 1.33. The van der Waals surface area contributed by atoms with Crippen LogP contribution in [0.4, 0.5) is 0 Å². The van der Waals surface area contributed by atoms with Crippen molar-refractivity contribution in [2.75, 3.05) is 0 Å². The van der Waals surface area contributed by atoms with Gasteiger partial charge in [-0.2, -0.15) is 5.26 Å². The molecule has 5 heteroatoms. The van der Waals surface area contributed by atoms with Crippen molar-refractivity contribution in [3.8, 4) is 6.07 Å². The number of aromatic amines is 1. The molecule has 0 atom stereocenters. The van der Waals surface area contributed by atoms with Crippen LogP contribution < -0.4 is 5.43 Å². The molecule has 0 unspecified atom stereocenters. The van der Waals surface area contributed by atoms with Crippen LogP contribution in [0.25, 0.3) is 21.1 Å². The number of nitrogens with zero attached hydrogens (tertiary/aromatic N) is 2. The molecule has 0 saturated carbocycles. The molecule has 0 aliphatic rings. The van der Waals surface area contributed by atoms with Gasteiger partial charge in [0.1, 0.15) is 11.6 Å². The lowest BCUT2D eigenvalue weighted by atomic mass is 10.1. The van der Waals surface area contributed by atoms with Crippen molar-refractivity contribution in [2.45, 2.75) is 6.92 Å². The topological polar surface area (TPSA) is 69.5 Å². The highest BCUT2D eigenvalue weighted by Crippen LogP contribution is 2.24. The molecule has 2 aromatic heterocycles. The van der Waals surface area contributed by atoms with Gasteiger partial charge in [-0.15, -0.1) is 11.3 Å². The highest BCUT2D eigenvalue weighted by atomic mass is 32.1. The van der Waals surface area contributed by atoms with E-state index >= 15 is 0 Å². The molecular weight excluding hydrogens is 234 g/mol. The molecule has 0 bridgehead atoms. The molecule has 0 aliphatic heterocycles. The van der Waals surface area contributed by atoms with E-state index in [1.807, 2.05) is 19.1 Å². The van der Waals surface area contributed by atoms with Gasteiger partial charge in [-0.1, -0.05) is 0 Å². The number of fused-ring (bicyclic) bond motifs is 2. The fourth-order valence-corrected chi connectivity index (χ4v) is 2.69. The van der Waals surface area contributed by atoms with E-state index in [0.29, 0.717) is 5.39 Å². The first-order chi connectivity index (χ1) is 8.19. The fraction of sp³-hybridized carbons (Fsp3) is 0.0833. The van der Waals surface area contributed by atoms with Crippen LogP contribution in [0.15, 0.2) is 23.1 Å². The van der Waals surface area contributed by atoms with E-state index in [2.05, 4.69) is 9.97 Å². The Balaban J connectivity index is 2.53. The molecule has 0 amide bonds. The van der Waals surface area contributed by atoms with Crippen molar-refractivity contribution in [1.82, 2.24) is 9.97 Å². The monoisotopic (exact) mass is 241 g/mol. The third kappa shape index (κ3) is 1.42. The molecule has 0 aliphatic carbocycles. The van der Waals surface area contributed by atoms with Gasteiger partial charge < -0.3 is 4.98 Å². The van der Waals surface area contributed by atoms with E-state index in [4.69, 9.17) is 5.26 Å². The molecule has 3 aromatic rings. The van der Waals surface area contributed by atoms with Gasteiger partial charge in [0, 0.05) is 11.6 Å². The van der Waals surface area contributed by atoms with Crippen molar-refractivity contribution in [3.63, 3.8) is 0 Å². The van der Waals surface area contributed by atoms with E-state index in [1.54, 1.807) is 17.4 Å². The summed E-state index contributed by atoms with van der Waals surface area (Å²) in [5.74, 6) is 0. The van der Waals surface area contributed by atoms with Crippen LogP contribution in [-0.4, -0.2) is 9.97 Å². The highest BCUT2D eigenvalue weighted by molar-refractivity contribution is 7.18. The Kier molecular flexibility index (Phi) is 2.00. The minimum atomic E-state index is -0.242. The van der Waals surface area contributed by atoms with Crippen LogP contribution in [0.1, 0.15) is 10.6 Å². The van der Waals surface area contributed by atoms with Gasteiger partial charge >= 0.3 is 0 Å². The van der Waals surface area contributed by atoms with E-state index in [1.165, 1.54) is 6.20 Å². The first kappa shape index (κ1) is 10.00. The maximum absolute atomic E-state index is 11.9. The molecule has 1 aromatic carbocycles. The number of nitriles is 1. The van der Waals surface area contributed by atoms with Crippen molar-refractivity contribution >= 4 is 32.5 Å². The van der Waals surface area contributed by atoms with E-state index < -0.39 is 0 Å². The van der Waals surface area contributed by atoms with Gasteiger partial charge in [0.25, 0.3) is 0 Å². The Hall–Kier alpha value is -2.19. The number of nitrogens with one attached hydrogen (secondary N) is 1. The van der Waals surface area contributed by atoms with Gasteiger partial charge in [0.05, 0.1) is 20.7 Å². The number of hydrogen-bond acceptors (Lipinski definition) is 4. The molecule has 2 heterocycles. The van der Waals surface area contributed by atoms with Crippen LogP contribution in [0.3, 0.4) is 0 Å². The van der Waals surface area contributed by atoms with E-state index in [-0.39, 0.29) is 11.0 Å². The molecule has 0 radical (unpaired) electrons. The SMILES string of the molecule is Cc1nc2cc3c(=O)c(C#N)c[nH]c3cc2s1. The number of hydrogen-bond donors (Lipinski definition) is 1. The smallest absolute Gasteiger partial charge is 0.207 e. The largest absolute Gasteiger partial charge is 0.360 e. The summed E-state index contributed by atoms with van der Waals surface area (Å²) in [7, 11) is 0. The van der Waals surface area contributed by atoms with Crippen LogP contribution in [0, 0.1) is 18.3 Å². The lowest BCUT2D eigenvalue weighted by Crippen LogP contribution is -2.06. The molecular formula is C12H7N3OS. The number of pyridine rings is 1. The van der Waals surface area contributed by atoms with Crippen molar-refractivity contribution in [2.24, 2.45) is 0 Å². The molecule has 0 spiro atoms. The molecule has 0 fully saturated rings. The Bertz CT molecular complexity index is 838. The molecule has 0 saturated heterocycles. The van der Waals surface area contributed by atoms with Crippen LogP contribution >= 0.6 is 11.3 Å². The number of thiazole rings is 1. The lowest BCUT2D eigenvalue weighted by Gasteiger charge is -1.97. The summed E-state index contributed by atoms with van der Waals surface area (Å²) in [5.41, 5.74) is 1.43. The summed E-state index contributed by atoms with van der Waals surface area (Å²) in [5, 5.41) is 10.3. The summed E-state index contributed by atoms with van der Waals surface area (Å²) in [4.78, 5) is 19.3. The number of benzene rings is 1. The maximum Gasteiger partial charge on any atom is 0.207 e. The van der Waals surface area contributed by atoms with Crippen LogP contribution in [0.5, 0.6) is 0 Å². The van der Waals surface area contributed by atoms with Crippen molar-refractivity contribution < 1.29 is 0 Å². The number of rotatable bonds is 0. The summed E-state index contributed by atoms with van der Waals surface area (Å²) in [6.45, 7) is 1.93. The van der Waals surface area contributed by atoms with Gasteiger partial charge in [-0.3, -0.25) is 4.79 Å². The zero-order valence-corrected chi connectivity index (χ0v) is 9.76. The first-order valence-electron chi connectivity index (χ1n) is 5.02. The Morgan fingerprint density at radius 1 is 1.47 bits per heavy atom. The standard InChI is InChI=1S/C12H7N3OS/c1-6-15-10-2-8-9(3-11(10)17-6)14-5-7(4-13)12(8)16/h2-3,5H,1H3,(H,14,16). The fourth-order valence-electron chi connectivity index (χ4n) is 1.84. The normalized spacial score (nSPS) is 10.8. The second-order valence-corrected chi connectivity index (χ2v) is 4.98. The van der Waals surface area contributed by atoms with Crippen LogP contribution in [0.2, 0.25) is 0 Å². The molecule has 82 valence electrons. The minimum Gasteiger partial charge on any atom is -0.360 e. The molecule has 3 rings (SSSR count). The summed E-state index contributed by atoms with van der Waals surface area (Å²) >= 11 is 1.58. The van der Waals surface area contributed by atoms with E-state index in [9.17, 15) is 4.79 Å². The third-order valence-corrected chi connectivity index (χ3v) is 3.55. The van der Waals surface area contributed by atoms with Gasteiger partial charge in [-0.05, 0) is 19.1 Å². The number of aryl methyl sites for hydroxylation is 1. The van der Waals surface area contributed by atoms with Gasteiger partial charge in [0.15, 0.2) is 0 Å². The Morgan fingerprint density at radius 3 is 3.06 bits per heavy atom. The zero-order valence-electron chi connectivity index (χ0n) is 8.94. The molecule has 4 nitrogen and oxygen atoms in total. The third-order valence-electron chi connectivity index (χ3n) is 2.62. The van der Waals surface area contributed by atoms with Gasteiger partial charge in [-0.25, -0.2) is 4.98 Å². The first-order valence-corrected chi connectivity index (χ1v) is 5.83. The second kappa shape index (κ2) is 3.40. The average Bonchev–Trinajstić information content (AvgIpc) is 2.67. The quantitative estimate of drug-likeness (QED) is 0.656. The molecule has 1 N–H and O–H groups in total. The molecule has 17 heavy (non-hydrogen) atoms. The summed E-state index contributed by atoms with van der Waals surface area (Å²) in [6.07, 6.45) is 1.45. The number of H-pyrrole nitrogens is 1. The maximum atomic E-state index is 11.9. The summed E-state index contributed by atoms with van der Waals surface area (Å²) in [6, 6.07) is 5.52. The average molecular weight is 241 g/mol. The van der Waals surface area contributed by atoms with Crippen molar-refractivity contribution in [3.05, 3.63) is 39.1 Å². The zero-order chi connectivity index (χ0) is 12.0. The highest BCUT2D eigenvalue weighted by Gasteiger charge is 2.08. The second-order valence-electron chi connectivity index (χ2n) is 3.74. The van der Waals surface area contributed by atoms with E-state index in [0.717, 1.165) is 20.7 Å². The van der Waals surface area contributed by atoms with Crippen LogP contribution in [-0.2, 0) is 0 Å². The van der Waals surface area contributed by atoms with Crippen molar-refractivity contribution in [1.29, 1.82) is 5.26 Å². The Labute approximate surface area is 100 Å². The number of aromatic nitrogens is 2. The predicted molar refractivity (Wildman–Crippen MR) is 67.2 cm³/mol.